The number of aliphatic hydroxyl groups excluding tert-OH is 2. The lowest BCUT2D eigenvalue weighted by Gasteiger charge is -2.44. The predicted octanol–water partition coefficient (Wildman–Crippen LogP) is 1.13. The van der Waals surface area contributed by atoms with Crippen molar-refractivity contribution in [1.82, 2.24) is 0 Å². The van der Waals surface area contributed by atoms with Crippen molar-refractivity contribution in [3.05, 3.63) is 47.0 Å². The third kappa shape index (κ3) is 3.18. The maximum absolute atomic E-state index is 11.0. The summed E-state index contributed by atoms with van der Waals surface area (Å²) in [5.74, 6) is -0.842. The highest BCUT2D eigenvalue weighted by Crippen LogP contribution is 2.49. The highest BCUT2D eigenvalue weighted by Gasteiger charge is 2.47. The van der Waals surface area contributed by atoms with Gasteiger partial charge in [0, 0.05) is 24.9 Å². The van der Waals surface area contributed by atoms with Gasteiger partial charge >= 0.3 is 0 Å². The summed E-state index contributed by atoms with van der Waals surface area (Å²) >= 11 is 0. The number of aromatic hydroxyl groups is 2. The van der Waals surface area contributed by atoms with Gasteiger partial charge in [-0.05, 0) is 41.0 Å². The summed E-state index contributed by atoms with van der Waals surface area (Å²) < 4.78 is 10.3. The van der Waals surface area contributed by atoms with E-state index in [0.717, 1.165) is 0 Å². The molecule has 0 radical (unpaired) electrons. The molecule has 0 saturated heterocycles. The lowest BCUT2D eigenvalue weighted by atomic mass is 9.64. The van der Waals surface area contributed by atoms with Crippen LogP contribution < -0.4 is 9.47 Å². The molecule has 1 aliphatic rings. The Morgan fingerprint density at radius 1 is 1.00 bits per heavy atom. The molecule has 1 aliphatic carbocycles. The molecule has 0 saturated carbocycles. The zero-order valence-electron chi connectivity index (χ0n) is 15.2. The molecule has 0 aliphatic heterocycles. The Morgan fingerprint density at radius 3 is 2.26 bits per heavy atom. The van der Waals surface area contributed by atoms with Crippen LogP contribution in [0.5, 0.6) is 23.0 Å². The van der Waals surface area contributed by atoms with Crippen molar-refractivity contribution in [2.24, 2.45) is 5.92 Å². The predicted molar refractivity (Wildman–Crippen MR) is 97.5 cm³/mol. The largest absolute Gasteiger partial charge is 0.504 e. The molecule has 5 N–H and O–H groups in total. The molecule has 0 bridgehead atoms. The van der Waals surface area contributed by atoms with E-state index in [-0.39, 0.29) is 36.0 Å². The summed E-state index contributed by atoms with van der Waals surface area (Å²) in [7, 11) is 2.86. The number of hydrogen-bond donors (Lipinski definition) is 5. The molecule has 7 nitrogen and oxygen atoms in total. The van der Waals surface area contributed by atoms with Gasteiger partial charge in [0.05, 0.1) is 26.4 Å². The second-order valence-electron chi connectivity index (χ2n) is 6.86. The molecule has 2 aromatic rings. The van der Waals surface area contributed by atoms with Crippen LogP contribution in [0.1, 0.15) is 22.6 Å². The maximum atomic E-state index is 11.0. The zero-order valence-corrected chi connectivity index (χ0v) is 15.2. The first-order chi connectivity index (χ1) is 12.9. The van der Waals surface area contributed by atoms with E-state index in [1.54, 1.807) is 24.3 Å². The number of methoxy groups -OCH3 is 2. The molecular formula is C20H24O7. The summed E-state index contributed by atoms with van der Waals surface area (Å²) in [4.78, 5) is 0. The van der Waals surface area contributed by atoms with Crippen LogP contribution in [0, 0.1) is 5.92 Å². The van der Waals surface area contributed by atoms with Crippen molar-refractivity contribution in [2.75, 3.05) is 27.4 Å². The lowest BCUT2D eigenvalue weighted by molar-refractivity contribution is -0.0875. The Morgan fingerprint density at radius 2 is 1.67 bits per heavy atom. The van der Waals surface area contributed by atoms with Gasteiger partial charge in [-0.3, -0.25) is 0 Å². The molecule has 0 amide bonds. The van der Waals surface area contributed by atoms with Gasteiger partial charge in [-0.25, -0.2) is 0 Å². The molecule has 0 fully saturated rings. The minimum Gasteiger partial charge on any atom is -0.504 e. The van der Waals surface area contributed by atoms with Crippen LogP contribution in [0.3, 0.4) is 0 Å². The van der Waals surface area contributed by atoms with Crippen LogP contribution in [0.2, 0.25) is 0 Å². The van der Waals surface area contributed by atoms with Crippen LogP contribution in [-0.4, -0.2) is 58.6 Å². The first-order valence-corrected chi connectivity index (χ1v) is 8.59. The quantitative estimate of drug-likeness (QED) is 0.531. The van der Waals surface area contributed by atoms with Gasteiger partial charge in [0.15, 0.2) is 23.0 Å². The topological polar surface area (TPSA) is 120 Å². The molecule has 0 unspecified atom stereocenters. The van der Waals surface area contributed by atoms with E-state index in [1.165, 1.54) is 20.3 Å². The van der Waals surface area contributed by atoms with Gasteiger partial charge in [-0.15, -0.1) is 0 Å². The first-order valence-electron chi connectivity index (χ1n) is 8.59. The van der Waals surface area contributed by atoms with Gasteiger partial charge < -0.3 is 35.0 Å². The smallest absolute Gasteiger partial charge is 0.160 e. The molecule has 7 heteroatoms. The van der Waals surface area contributed by atoms with E-state index in [0.29, 0.717) is 16.7 Å². The van der Waals surface area contributed by atoms with Gasteiger partial charge in [-0.1, -0.05) is 6.07 Å². The average molecular weight is 376 g/mol. The third-order valence-corrected chi connectivity index (χ3v) is 5.40. The summed E-state index contributed by atoms with van der Waals surface area (Å²) in [5, 5.41) is 51.1. The summed E-state index contributed by atoms with van der Waals surface area (Å²) in [6.07, 6.45) is 0.104. The summed E-state index contributed by atoms with van der Waals surface area (Å²) in [5.41, 5.74) is 0.515. The minimum absolute atomic E-state index is 0.0344. The molecule has 0 aromatic heterocycles. The second-order valence-corrected chi connectivity index (χ2v) is 6.86. The molecular weight excluding hydrogens is 352 g/mol. The summed E-state index contributed by atoms with van der Waals surface area (Å²) in [6.45, 7) is -0.913. The molecule has 2 aromatic carbocycles. The standard InChI is InChI=1S/C20H24O7/c1-26-17-5-11(3-4-15(17)23)19-13-7-16(24)18(27-2)6-12(13)8-20(25,10-22)14(19)9-21/h3-7,14,19,21-25H,8-10H2,1-2H3/t14-,19+,20+/m0/s1. The fourth-order valence-corrected chi connectivity index (χ4v) is 3.97. The SMILES string of the molecule is COc1cc([C@@H]2c3cc(O)c(OC)cc3C[C@@](O)(CO)[C@H]2CO)ccc1O. The molecule has 0 heterocycles. The first kappa shape index (κ1) is 19.3. The zero-order chi connectivity index (χ0) is 19.8. The van der Waals surface area contributed by atoms with E-state index < -0.39 is 24.0 Å². The van der Waals surface area contributed by atoms with Crippen LogP contribution in [0.25, 0.3) is 0 Å². The van der Waals surface area contributed by atoms with Crippen molar-refractivity contribution in [3.8, 4) is 23.0 Å². The number of hydrogen-bond acceptors (Lipinski definition) is 7. The van der Waals surface area contributed by atoms with E-state index in [9.17, 15) is 25.5 Å². The van der Waals surface area contributed by atoms with Crippen molar-refractivity contribution in [3.63, 3.8) is 0 Å². The monoisotopic (exact) mass is 376 g/mol. The Balaban J connectivity index is 2.24. The number of phenols is 2. The van der Waals surface area contributed by atoms with E-state index >= 15 is 0 Å². The van der Waals surface area contributed by atoms with Crippen LogP contribution in [0.4, 0.5) is 0 Å². The van der Waals surface area contributed by atoms with Gasteiger partial charge in [0.1, 0.15) is 0 Å². The van der Waals surface area contributed by atoms with Gasteiger partial charge in [0.2, 0.25) is 0 Å². The van der Waals surface area contributed by atoms with Crippen LogP contribution >= 0.6 is 0 Å². The maximum Gasteiger partial charge on any atom is 0.160 e. The average Bonchev–Trinajstić information content (AvgIpc) is 2.67. The van der Waals surface area contributed by atoms with Crippen molar-refractivity contribution in [1.29, 1.82) is 0 Å². The third-order valence-electron chi connectivity index (χ3n) is 5.40. The highest BCUT2D eigenvalue weighted by atomic mass is 16.5. The highest BCUT2D eigenvalue weighted by molar-refractivity contribution is 5.54. The number of aliphatic hydroxyl groups is 3. The Hall–Kier alpha value is -2.48. The molecule has 0 spiro atoms. The van der Waals surface area contributed by atoms with Crippen LogP contribution in [-0.2, 0) is 6.42 Å². The van der Waals surface area contributed by atoms with Crippen molar-refractivity contribution >= 4 is 0 Å². The second kappa shape index (κ2) is 7.26. The Bertz CT molecular complexity index is 835. The Kier molecular flexibility index (Phi) is 5.19. The van der Waals surface area contributed by atoms with Gasteiger partial charge in [0.25, 0.3) is 0 Å². The van der Waals surface area contributed by atoms with Crippen LogP contribution in [0.15, 0.2) is 30.3 Å². The molecule has 3 rings (SSSR count). The normalized spacial score (nSPS) is 24.3. The summed E-state index contributed by atoms with van der Waals surface area (Å²) in [6, 6.07) is 7.94. The van der Waals surface area contributed by atoms with E-state index in [2.05, 4.69) is 0 Å². The van der Waals surface area contributed by atoms with E-state index in [1.807, 2.05) is 0 Å². The number of phenolic OH excluding ortho intramolecular Hbond substituents is 2. The van der Waals surface area contributed by atoms with Gasteiger partial charge in [-0.2, -0.15) is 0 Å². The fraction of sp³-hybridized carbons (Fsp3) is 0.400. The lowest BCUT2D eigenvalue weighted by Crippen LogP contribution is -2.51. The Labute approximate surface area is 157 Å². The van der Waals surface area contributed by atoms with E-state index in [4.69, 9.17) is 9.47 Å². The molecule has 3 atom stereocenters. The minimum atomic E-state index is -1.56. The fourth-order valence-electron chi connectivity index (χ4n) is 3.97. The molecule has 146 valence electrons. The molecule has 27 heavy (non-hydrogen) atoms. The number of fused-ring (bicyclic) bond motifs is 1. The number of rotatable bonds is 5. The van der Waals surface area contributed by atoms with Crippen molar-refractivity contribution < 1.29 is 35.0 Å². The number of benzene rings is 2. The number of ether oxygens (including phenoxy) is 2. The van der Waals surface area contributed by atoms with Crippen molar-refractivity contribution in [2.45, 2.75) is 17.9 Å².